The Morgan fingerprint density at radius 2 is 1.81 bits per heavy atom. The van der Waals surface area contributed by atoms with E-state index in [0.29, 0.717) is 5.56 Å². The first-order chi connectivity index (χ1) is 10.0. The van der Waals surface area contributed by atoms with Crippen LogP contribution >= 0.6 is 0 Å². The van der Waals surface area contributed by atoms with Gasteiger partial charge in [0.1, 0.15) is 0 Å². The van der Waals surface area contributed by atoms with Crippen molar-refractivity contribution in [1.29, 1.82) is 5.26 Å². The molecule has 3 N–H and O–H groups in total. The highest BCUT2D eigenvalue weighted by Gasteiger charge is 2.14. The maximum absolute atomic E-state index is 13.1. The quantitative estimate of drug-likeness (QED) is 0.850. The largest absolute Gasteiger partial charge is 0.398 e. The predicted octanol–water partition coefficient (Wildman–Crippen LogP) is 2.35. The first-order valence-corrected chi connectivity index (χ1v) is 6.03. The third kappa shape index (κ3) is 3.34. The fraction of sp³-hybridized carbons (Fsp3) is 0.0667. The number of nitrogen functional groups attached to an aromatic ring is 1. The van der Waals surface area contributed by atoms with Crippen LogP contribution in [0, 0.1) is 23.0 Å². The first kappa shape index (κ1) is 14.5. The fourth-order valence-corrected chi connectivity index (χ4v) is 1.73. The summed E-state index contributed by atoms with van der Waals surface area (Å²) in [6.45, 7) is 0.184. The van der Waals surface area contributed by atoms with Crippen LogP contribution in [0.1, 0.15) is 21.5 Å². The minimum Gasteiger partial charge on any atom is -0.398 e. The molecule has 0 aliphatic heterocycles. The van der Waals surface area contributed by atoms with Crippen molar-refractivity contribution in [1.82, 2.24) is 5.32 Å². The molecule has 0 saturated heterocycles. The molecule has 0 aliphatic carbocycles. The lowest BCUT2D eigenvalue weighted by Gasteiger charge is -2.08. The third-order valence-corrected chi connectivity index (χ3v) is 2.87. The van der Waals surface area contributed by atoms with Crippen molar-refractivity contribution in [3.8, 4) is 6.07 Å². The first-order valence-electron chi connectivity index (χ1n) is 6.03. The molecular weight excluding hydrogens is 276 g/mol. The molecule has 0 spiro atoms. The Balaban J connectivity index is 2.08. The van der Waals surface area contributed by atoms with Crippen LogP contribution in [-0.4, -0.2) is 5.91 Å². The molecular formula is C15H11F2N3O. The minimum absolute atomic E-state index is 0.123. The number of nitriles is 1. The van der Waals surface area contributed by atoms with E-state index in [4.69, 9.17) is 11.0 Å². The Hall–Kier alpha value is -2.94. The number of nitrogens with two attached hydrogens (primary N) is 1. The Labute approximate surface area is 119 Å². The Kier molecular flexibility index (Phi) is 4.14. The maximum Gasteiger partial charge on any atom is 0.253 e. The molecule has 0 heterocycles. The molecule has 21 heavy (non-hydrogen) atoms. The van der Waals surface area contributed by atoms with E-state index in [1.54, 1.807) is 24.3 Å². The van der Waals surface area contributed by atoms with Crippen LogP contribution in [0.2, 0.25) is 0 Å². The average molecular weight is 287 g/mol. The summed E-state index contributed by atoms with van der Waals surface area (Å²) in [6, 6.07) is 10.1. The van der Waals surface area contributed by atoms with Crippen LogP contribution in [0.5, 0.6) is 0 Å². The number of rotatable bonds is 3. The molecule has 0 aromatic heterocycles. The van der Waals surface area contributed by atoms with Crippen molar-refractivity contribution in [3.05, 3.63) is 64.7 Å². The van der Waals surface area contributed by atoms with Crippen LogP contribution in [0.4, 0.5) is 14.5 Å². The van der Waals surface area contributed by atoms with Crippen molar-refractivity contribution < 1.29 is 13.6 Å². The number of benzene rings is 2. The SMILES string of the molecule is N#Cc1ccc(CNC(=O)c2cc(F)c(F)cc2N)cc1. The second-order valence-corrected chi connectivity index (χ2v) is 4.34. The van der Waals surface area contributed by atoms with Gasteiger partial charge in [-0.2, -0.15) is 5.26 Å². The second kappa shape index (κ2) is 6.01. The molecule has 0 unspecified atom stereocenters. The second-order valence-electron chi connectivity index (χ2n) is 4.34. The lowest BCUT2D eigenvalue weighted by atomic mass is 10.1. The van der Waals surface area contributed by atoms with Gasteiger partial charge < -0.3 is 11.1 Å². The van der Waals surface area contributed by atoms with Gasteiger partial charge in [0.15, 0.2) is 11.6 Å². The topological polar surface area (TPSA) is 78.9 Å². The smallest absolute Gasteiger partial charge is 0.253 e. The predicted molar refractivity (Wildman–Crippen MR) is 73.1 cm³/mol. The molecule has 0 fully saturated rings. The van der Waals surface area contributed by atoms with Crippen molar-refractivity contribution in [2.75, 3.05) is 5.73 Å². The molecule has 6 heteroatoms. The molecule has 0 bridgehead atoms. The van der Waals surface area contributed by atoms with Gasteiger partial charge in [0.05, 0.1) is 17.2 Å². The number of nitrogens with zero attached hydrogens (tertiary/aromatic N) is 1. The normalized spacial score (nSPS) is 9.95. The van der Waals surface area contributed by atoms with E-state index in [1.165, 1.54) is 0 Å². The third-order valence-electron chi connectivity index (χ3n) is 2.87. The van der Waals surface area contributed by atoms with Gasteiger partial charge in [-0.25, -0.2) is 8.78 Å². The number of hydrogen-bond acceptors (Lipinski definition) is 3. The van der Waals surface area contributed by atoms with Gasteiger partial charge in [-0.05, 0) is 23.8 Å². The standard InChI is InChI=1S/C15H11F2N3O/c16-12-5-11(14(19)6-13(12)17)15(21)20-8-10-3-1-9(7-18)2-4-10/h1-6H,8,19H2,(H,20,21). The monoisotopic (exact) mass is 287 g/mol. The van der Waals surface area contributed by atoms with Gasteiger partial charge in [0.25, 0.3) is 5.91 Å². The zero-order valence-electron chi connectivity index (χ0n) is 10.9. The highest BCUT2D eigenvalue weighted by Crippen LogP contribution is 2.17. The fourth-order valence-electron chi connectivity index (χ4n) is 1.73. The van der Waals surface area contributed by atoms with Gasteiger partial charge in [-0.15, -0.1) is 0 Å². The van der Waals surface area contributed by atoms with Crippen LogP contribution in [-0.2, 0) is 6.54 Å². The molecule has 2 aromatic carbocycles. The minimum atomic E-state index is -1.13. The lowest BCUT2D eigenvalue weighted by molar-refractivity contribution is 0.0951. The molecule has 0 aliphatic rings. The summed E-state index contributed by atoms with van der Waals surface area (Å²) in [7, 11) is 0. The summed E-state index contributed by atoms with van der Waals surface area (Å²) in [5, 5.41) is 11.2. The number of amides is 1. The summed E-state index contributed by atoms with van der Waals surface area (Å²) >= 11 is 0. The summed E-state index contributed by atoms with van der Waals surface area (Å²) in [5.74, 6) is -2.83. The number of carbonyl (C=O) groups excluding carboxylic acids is 1. The summed E-state index contributed by atoms with van der Waals surface area (Å²) < 4.78 is 26.1. The van der Waals surface area contributed by atoms with Gasteiger partial charge >= 0.3 is 0 Å². The van der Waals surface area contributed by atoms with Crippen molar-refractivity contribution in [2.24, 2.45) is 0 Å². The Bertz CT molecular complexity index is 721. The highest BCUT2D eigenvalue weighted by atomic mass is 19.2. The molecule has 2 aromatic rings. The zero-order valence-corrected chi connectivity index (χ0v) is 10.9. The van der Waals surface area contributed by atoms with E-state index in [2.05, 4.69) is 5.32 Å². The molecule has 106 valence electrons. The van der Waals surface area contributed by atoms with E-state index >= 15 is 0 Å². The van der Waals surface area contributed by atoms with Gasteiger partial charge in [0.2, 0.25) is 0 Å². The molecule has 0 saturated carbocycles. The van der Waals surface area contributed by atoms with E-state index in [9.17, 15) is 13.6 Å². The van der Waals surface area contributed by atoms with Crippen molar-refractivity contribution in [2.45, 2.75) is 6.54 Å². The lowest BCUT2D eigenvalue weighted by Crippen LogP contribution is -2.24. The average Bonchev–Trinajstić information content (AvgIpc) is 2.49. The van der Waals surface area contributed by atoms with Crippen LogP contribution < -0.4 is 11.1 Å². The number of carbonyl (C=O) groups is 1. The van der Waals surface area contributed by atoms with Crippen molar-refractivity contribution >= 4 is 11.6 Å². The molecule has 0 atom stereocenters. The number of halogens is 2. The summed E-state index contributed by atoms with van der Waals surface area (Å²) in [5.41, 5.74) is 6.52. The van der Waals surface area contributed by atoms with Crippen molar-refractivity contribution in [3.63, 3.8) is 0 Å². The van der Waals surface area contributed by atoms with E-state index < -0.39 is 17.5 Å². The number of hydrogen-bond donors (Lipinski definition) is 2. The molecule has 2 rings (SSSR count). The van der Waals surface area contributed by atoms with E-state index in [1.807, 2.05) is 6.07 Å². The molecule has 1 amide bonds. The Morgan fingerprint density at radius 3 is 2.43 bits per heavy atom. The Morgan fingerprint density at radius 1 is 1.19 bits per heavy atom. The molecule has 4 nitrogen and oxygen atoms in total. The summed E-state index contributed by atoms with van der Waals surface area (Å²) in [4.78, 5) is 11.9. The zero-order chi connectivity index (χ0) is 15.4. The van der Waals surface area contributed by atoms with E-state index in [-0.39, 0.29) is 17.8 Å². The highest BCUT2D eigenvalue weighted by molar-refractivity contribution is 5.99. The number of nitrogens with one attached hydrogen (secondary N) is 1. The van der Waals surface area contributed by atoms with Crippen LogP contribution in [0.25, 0.3) is 0 Å². The number of anilines is 1. The molecule has 0 radical (unpaired) electrons. The van der Waals surface area contributed by atoms with Gasteiger partial charge in [0, 0.05) is 18.3 Å². The maximum atomic E-state index is 13.1. The van der Waals surface area contributed by atoms with Crippen LogP contribution in [0.15, 0.2) is 36.4 Å². The van der Waals surface area contributed by atoms with Crippen LogP contribution in [0.3, 0.4) is 0 Å². The summed E-state index contributed by atoms with van der Waals surface area (Å²) in [6.07, 6.45) is 0. The van der Waals surface area contributed by atoms with E-state index in [0.717, 1.165) is 17.7 Å². The van der Waals surface area contributed by atoms with Gasteiger partial charge in [-0.1, -0.05) is 12.1 Å². The van der Waals surface area contributed by atoms with Gasteiger partial charge in [-0.3, -0.25) is 4.79 Å².